The van der Waals surface area contributed by atoms with E-state index in [-0.39, 0.29) is 11.5 Å². The van der Waals surface area contributed by atoms with Crippen molar-refractivity contribution in [1.82, 2.24) is 4.90 Å². The molecule has 4 heteroatoms. The number of carbonyl (C=O) groups excluding carboxylic acids is 1. The van der Waals surface area contributed by atoms with Crippen LogP contribution in [0.2, 0.25) is 0 Å². The highest BCUT2D eigenvalue weighted by atomic mass is 79.9. The van der Waals surface area contributed by atoms with Gasteiger partial charge in [0.25, 0.3) is 5.91 Å². The molecule has 0 spiro atoms. The molecule has 1 aromatic carbocycles. The summed E-state index contributed by atoms with van der Waals surface area (Å²) in [6.45, 7) is 5.49. The molecular weight excluding hydrogens is 297 g/mol. The molecule has 1 aliphatic rings. The zero-order valence-corrected chi connectivity index (χ0v) is 12.3. The molecule has 0 aromatic heterocycles. The zero-order valence-electron chi connectivity index (χ0n) is 10.7. The molecule has 0 unspecified atom stereocenters. The normalized spacial score (nSPS) is 17.0. The lowest BCUT2D eigenvalue weighted by Crippen LogP contribution is -2.38. The summed E-state index contributed by atoms with van der Waals surface area (Å²) in [6, 6.07) is 3.04. The smallest absolute Gasteiger partial charge is 0.257 e. The summed E-state index contributed by atoms with van der Waals surface area (Å²) in [5, 5.41) is 0. The van der Waals surface area contributed by atoms with Gasteiger partial charge < -0.3 is 4.90 Å². The number of hydrogen-bond acceptors (Lipinski definition) is 1. The van der Waals surface area contributed by atoms with Crippen LogP contribution in [0.15, 0.2) is 16.6 Å². The minimum absolute atomic E-state index is 0.171. The SMILES string of the molecule is Cc1ccc(F)c(C(=O)N2CCC(C)CC2)c1Br. The standard InChI is InChI=1S/C14H17BrFNO/c1-9-5-7-17(8-6-9)14(18)12-11(16)4-3-10(2)13(12)15/h3-4,9H,5-8H2,1-2H3. The summed E-state index contributed by atoms with van der Waals surface area (Å²) in [4.78, 5) is 14.1. The van der Waals surface area contributed by atoms with E-state index in [4.69, 9.17) is 0 Å². The summed E-state index contributed by atoms with van der Waals surface area (Å²) >= 11 is 3.32. The van der Waals surface area contributed by atoms with E-state index >= 15 is 0 Å². The highest BCUT2D eigenvalue weighted by molar-refractivity contribution is 9.10. The third-order valence-electron chi connectivity index (χ3n) is 3.57. The van der Waals surface area contributed by atoms with Crippen LogP contribution >= 0.6 is 15.9 Å². The number of carbonyl (C=O) groups is 1. The summed E-state index contributed by atoms with van der Waals surface area (Å²) in [5.41, 5.74) is 1.05. The van der Waals surface area contributed by atoms with E-state index in [1.165, 1.54) is 6.07 Å². The Bertz CT molecular complexity index is 467. The Morgan fingerprint density at radius 2 is 2.00 bits per heavy atom. The average molecular weight is 314 g/mol. The molecule has 0 radical (unpaired) electrons. The van der Waals surface area contributed by atoms with Gasteiger partial charge in [-0.25, -0.2) is 4.39 Å². The van der Waals surface area contributed by atoms with Gasteiger partial charge in [0, 0.05) is 17.6 Å². The van der Waals surface area contributed by atoms with Crippen molar-refractivity contribution < 1.29 is 9.18 Å². The van der Waals surface area contributed by atoms with Crippen LogP contribution in [0.1, 0.15) is 35.7 Å². The number of aryl methyl sites for hydroxylation is 1. The van der Waals surface area contributed by atoms with Crippen molar-refractivity contribution in [2.24, 2.45) is 5.92 Å². The number of halogens is 2. The number of piperidine rings is 1. The van der Waals surface area contributed by atoms with Gasteiger partial charge in [-0.2, -0.15) is 0 Å². The molecule has 98 valence electrons. The molecule has 0 atom stereocenters. The van der Waals surface area contributed by atoms with E-state index in [1.54, 1.807) is 11.0 Å². The topological polar surface area (TPSA) is 20.3 Å². The molecule has 1 aromatic rings. The van der Waals surface area contributed by atoms with Crippen LogP contribution in [0.4, 0.5) is 4.39 Å². The van der Waals surface area contributed by atoms with Gasteiger partial charge in [-0.05, 0) is 53.2 Å². The predicted octanol–water partition coefficient (Wildman–Crippen LogP) is 3.77. The van der Waals surface area contributed by atoms with Gasteiger partial charge in [0.05, 0.1) is 5.56 Å². The van der Waals surface area contributed by atoms with Crippen LogP contribution in [-0.2, 0) is 0 Å². The van der Waals surface area contributed by atoms with Gasteiger partial charge in [0.15, 0.2) is 0 Å². The van der Waals surface area contributed by atoms with Crippen molar-refractivity contribution in [2.75, 3.05) is 13.1 Å². The first kappa shape index (κ1) is 13.5. The van der Waals surface area contributed by atoms with Crippen molar-refractivity contribution in [3.8, 4) is 0 Å². The summed E-state index contributed by atoms with van der Waals surface area (Å²) in [7, 11) is 0. The Kier molecular flexibility index (Phi) is 4.05. The van der Waals surface area contributed by atoms with Crippen molar-refractivity contribution in [1.29, 1.82) is 0 Å². The number of rotatable bonds is 1. The third-order valence-corrected chi connectivity index (χ3v) is 4.59. The first-order valence-electron chi connectivity index (χ1n) is 6.24. The van der Waals surface area contributed by atoms with Crippen molar-refractivity contribution >= 4 is 21.8 Å². The number of hydrogen-bond donors (Lipinski definition) is 0. The Balaban J connectivity index is 2.26. The fourth-order valence-corrected chi connectivity index (χ4v) is 2.71. The van der Waals surface area contributed by atoms with E-state index in [9.17, 15) is 9.18 Å². The Morgan fingerprint density at radius 3 is 2.61 bits per heavy atom. The molecule has 0 aliphatic carbocycles. The summed E-state index contributed by atoms with van der Waals surface area (Å²) in [6.07, 6.45) is 1.99. The Labute approximate surface area is 115 Å². The quantitative estimate of drug-likeness (QED) is 0.773. The van der Waals surface area contributed by atoms with Gasteiger partial charge in [-0.3, -0.25) is 4.79 Å². The molecular formula is C14H17BrFNO. The highest BCUT2D eigenvalue weighted by Gasteiger charge is 2.25. The first-order valence-corrected chi connectivity index (χ1v) is 7.04. The molecule has 2 rings (SSSR count). The van der Waals surface area contributed by atoms with Crippen molar-refractivity contribution in [3.63, 3.8) is 0 Å². The number of amides is 1. The second-order valence-corrected chi connectivity index (χ2v) is 5.82. The fourth-order valence-electron chi connectivity index (χ4n) is 2.22. The van der Waals surface area contributed by atoms with Gasteiger partial charge in [0.1, 0.15) is 5.82 Å². The van der Waals surface area contributed by atoms with E-state index in [2.05, 4.69) is 22.9 Å². The maximum atomic E-state index is 13.8. The van der Waals surface area contributed by atoms with Crippen LogP contribution in [0.3, 0.4) is 0 Å². The van der Waals surface area contributed by atoms with E-state index in [0.717, 1.165) is 31.5 Å². The minimum atomic E-state index is -0.448. The summed E-state index contributed by atoms with van der Waals surface area (Å²) in [5.74, 6) is 0.00548. The molecule has 1 heterocycles. The van der Waals surface area contributed by atoms with Crippen LogP contribution < -0.4 is 0 Å². The molecule has 1 amide bonds. The first-order chi connectivity index (χ1) is 8.50. The lowest BCUT2D eigenvalue weighted by molar-refractivity contribution is 0.0691. The van der Waals surface area contributed by atoms with E-state index in [0.29, 0.717) is 10.4 Å². The minimum Gasteiger partial charge on any atom is -0.339 e. The van der Waals surface area contributed by atoms with Crippen molar-refractivity contribution in [3.05, 3.63) is 33.5 Å². The van der Waals surface area contributed by atoms with Gasteiger partial charge in [-0.1, -0.05) is 13.0 Å². The van der Waals surface area contributed by atoms with Gasteiger partial charge in [-0.15, -0.1) is 0 Å². The molecule has 1 fully saturated rings. The lowest BCUT2D eigenvalue weighted by Gasteiger charge is -2.30. The molecule has 2 nitrogen and oxygen atoms in total. The molecule has 1 aliphatic heterocycles. The van der Waals surface area contributed by atoms with Gasteiger partial charge in [0.2, 0.25) is 0 Å². The second-order valence-electron chi connectivity index (χ2n) is 5.03. The molecule has 0 saturated carbocycles. The van der Waals surface area contributed by atoms with Crippen LogP contribution in [-0.4, -0.2) is 23.9 Å². The molecule has 0 N–H and O–H groups in total. The Hall–Kier alpha value is -0.900. The molecule has 18 heavy (non-hydrogen) atoms. The number of nitrogens with zero attached hydrogens (tertiary/aromatic N) is 1. The van der Waals surface area contributed by atoms with Gasteiger partial charge >= 0.3 is 0 Å². The maximum absolute atomic E-state index is 13.8. The predicted molar refractivity (Wildman–Crippen MR) is 73.1 cm³/mol. The number of likely N-dealkylation sites (tertiary alicyclic amines) is 1. The van der Waals surface area contributed by atoms with Crippen LogP contribution in [0, 0.1) is 18.7 Å². The van der Waals surface area contributed by atoms with Crippen molar-refractivity contribution in [2.45, 2.75) is 26.7 Å². The molecule has 1 saturated heterocycles. The fraction of sp³-hybridized carbons (Fsp3) is 0.500. The lowest BCUT2D eigenvalue weighted by atomic mass is 9.98. The van der Waals surface area contributed by atoms with Crippen LogP contribution in [0.5, 0.6) is 0 Å². The maximum Gasteiger partial charge on any atom is 0.257 e. The third kappa shape index (κ3) is 2.58. The van der Waals surface area contributed by atoms with E-state index < -0.39 is 5.82 Å². The number of benzene rings is 1. The monoisotopic (exact) mass is 313 g/mol. The summed E-state index contributed by atoms with van der Waals surface area (Å²) < 4.78 is 14.4. The highest BCUT2D eigenvalue weighted by Crippen LogP contribution is 2.27. The zero-order chi connectivity index (χ0) is 13.3. The van der Waals surface area contributed by atoms with E-state index in [1.807, 2.05) is 6.92 Å². The molecule has 0 bridgehead atoms. The largest absolute Gasteiger partial charge is 0.339 e. The second kappa shape index (κ2) is 5.39. The van der Waals surface area contributed by atoms with Crippen LogP contribution in [0.25, 0.3) is 0 Å². The average Bonchev–Trinajstić information content (AvgIpc) is 2.35. The Morgan fingerprint density at radius 1 is 1.39 bits per heavy atom.